The Morgan fingerprint density at radius 1 is 1.31 bits per heavy atom. The first-order valence-corrected chi connectivity index (χ1v) is 5.86. The molecule has 0 saturated carbocycles. The number of nitrogens with one attached hydrogen (secondary N) is 2. The number of benzene rings is 1. The topological polar surface area (TPSA) is 41.1 Å². The molecule has 16 heavy (non-hydrogen) atoms. The molecular weight excluding hydrogens is 200 g/mol. The Kier molecular flexibility index (Phi) is 3.57. The molecular formula is C13H18N2O. The number of carbonyl (C=O) groups excluding carboxylic acids is 1. The zero-order valence-corrected chi connectivity index (χ0v) is 9.62. The van der Waals surface area contributed by atoms with Gasteiger partial charge in [-0.2, -0.15) is 0 Å². The van der Waals surface area contributed by atoms with Gasteiger partial charge in [-0.15, -0.1) is 0 Å². The third-order valence-corrected chi connectivity index (χ3v) is 2.94. The van der Waals surface area contributed by atoms with Crippen LogP contribution in [0.2, 0.25) is 0 Å². The molecule has 1 saturated heterocycles. The zero-order valence-electron chi connectivity index (χ0n) is 9.62. The molecule has 0 aromatic heterocycles. The van der Waals surface area contributed by atoms with Crippen molar-refractivity contribution in [1.29, 1.82) is 0 Å². The number of rotatable bonds is 2. The van der Waals surface area contributed by atoms with Crippen molar-refractivity contribution in [1.82, 2.24) is 5.32 Å². The molecule has 3 heteroatoms. The van der Waals surface area contributed by atoms with Gasteiger partial charge in [-0.3, -0.25) is 4.79 Å². The van der Waals surface area contributed by atoms with Gasteiger partial charge in [0.25, 0.3) is 0 Å². The SMILES string of the molecule is CC(=O)Nc1ccc(C2CCCCN2)cc1. The van der Waals surface area contributed by atoms with Crippen molar-refractivity contribution >= 4 is 11.6 Å². The molecule has 0 aliphatic carbocycles. The van der Waals surface area contributed by atoms with Gasteiger partial charge in [-0.05, 0) is 37.1 Å². The second-order valence-electron chi connectivity index (χ2n) is 4.31. The monoisotopic (exact) mass is 218 g/mol. The number of carbonyl (C=O) groups is 1. The molecule has 1 amide bonds. The smallest absolute Gasteiger partial charge is 0.221 e. The Balaban J connectivity index is 2.03. The highest BCUT2D eigenvalue weighted by atomic mass is 16.1. The van der Waals surface area contributed by atoms with Crippen molar-refractivity contribution in [2.45, 2.75) is 32.2 Å². The van der Waals surface area contributed by atoms with E-state index < -0.39 is 0 Å². The lowest BCUT2D eigenvalue weighted by atomic mass is 9.97. The molecule has 2 N–H and O–H groups in total. The van der Waals surface area contributed by atoms with Gasteiger partial charge in [0.15, 0.2) is 0 Å². The van der Waals surface area contributed by atoms with Crippen molar-refractivity contribution in [2.24, 2.45) is 0 Å². The predicted molar refractivity (Wildman–Crippen MR) is 65.3 cm³/mol. The first kappa shape index (κ1) is 11.1. The summed E-state index contributed by atoms with van der Waals surface area (Å²) in [6.07, 6.45) is 3.78. The minimum atomic E-state index is -0.0245. The van der Waals surface area contributed by atoms with Crippen molar-refractivity contribution in [3.63, 3.8) is 0 Å². The zero-order chi connectivity index (χ0) is 11.4. The van der Waals surface area contributed by atoms with Crippen LogP contribution in [0.25, 0.3) is 0 Å². The maximum Gasteiger partial charge on any atom is 0.221 e. The fourth-order valence-electron chi connectivity index (χ4n) is 2.14. The Hall–Kier alpha value is -1.35. The van der Waals surface area contributed by atoms with Gasteiger partial charge in [-0.25, -0.2) is 0 Å². The lowest BCUT2D eigenvalue weighted by Crippen LogP contribution is -2.26. The maximum absolute atomic E-state index is 10.9. The number of anilines is 1. The lowest BCUT2D eigenvalue weighted by molar-refractivity contribution is -0.114. The Bertz CT molecular complexity index is 353. The number of amides is 1. The fourth-order valence-corrected chi connectivity index (χ4v) is 2.14. The van der Waals surface area contributed by atoms with E-state index in [9.17, 15) is 4.79 Å². The average molecular weight is 218 g/mol. The van der Waals surface area contributed by atoms with Crippen LogP contribution in [0.5, 0.6) is 0 Å². The van der Waals surface area contributed by atoms with Crippen LogP contribution in [0, 0.1) is 0 Å². The summed E-state index contributed by atoms with van der Waals surface area (Å²) < 4.78 is 0. The summed E-state index contributed by atoms with van der Waals surface area (Å²) in [6.45, 7) is 2.63. The van der Waals surface area contributed by atoms with Crippen LogP contribution >= 0.6 is 0 Å². The third-order valence-electron chi connectivity index (χ3n) is 2.94. The van der Waals surface area contributed by atoms with Gasteiger partial charge in [0, 0.05) is 18.7 Å². The van der Waals surface area contributed by atoms with Crippen molar-refractivity contribution < 1.29 is 4.79 Å². The molecule has 86 valence electrons. The standard InChI is InChI=1S/C13H18N2O/c1-10(16)15-12-7-5-11(6-8-12)13-4-2-3-9-14-13/h5-8,13-14H,2-4,9H2,1H3,(H,15,16). The van der Waals surface area contributed by atoms with Crippen LogP contribution in [0.3, 0.4) is 0 Å². The summed E-state index contributed by atoms with van der Waals surface area (Å²) in [5.74, 6) is -0.0245. The highest BCUT2D eigenvalue weighted by Crippen LogP contribution is 2.23. The molecule has 1 aliphatic heterocycles. The van der Waals surface area contributed by atoms with Gasteiger partial charge in [0.05, 0.1) is 0 Å². The average Bonchev–Trinajstić information content (AvgIpc) is 2.30. The van der Waals surface area contributed by atoms with Crippen LogP contribution in [0.15, 0.2) is 24.3 Å². The largest absolute Gasteiger partial charge is 0.326 e. The van der Waals surface area contributed by atoms with Gasteiger partial charge in [0.2, 0.25) is 5.91 Å². The van der Waals surface area contributed by atoms with E-state index in [0.29, 0.717) is 6.04 Å². The van der Waals surface area contributed by atoms with Gasteiger partial charge in [-0.1, -0.05) is 18.6 Å². The second-order valence-corrected chi connectivity index (χ2v) is 4.31. The molecule has 1 unspecified atom stereocenters. The van der Waals surface area contributed by atoms with E-state index in [2.05, 4.69) is 22.8 Å². The molecule has 1 aliphatic rings. The number of piperidine rings is 1. The number of hydrogen-bond acceptors (Lipinski definition) is 2. The molecule has 1 aromatic carbocycles. The van der Waals surface area contributed by atoms with Crippen LogP contribution < -0.4 is 10.6 Å². The molecule has 1 atom stereocenters. The molecule has 1 aromatic rings. The van der Waals surface area contributed by atoms with Crippen LogP contribution in [-0.4, -0.2) is 12.5 Å². The Morgan fingerprint density at radius 2 is 2.06 bits per heavy atom. The first-order chi connectivity index (χ1) is 7.75. The summed E-state index contributed by atoms with van der Waals surface area (Å²) in [5.41, 5.74) is 2.18. The van der Waals surface area contributed by atoms with Gasteiger partial charge >= 0.3 is 0 Å². The van der Waals surface area contributed by atoms with E-state index in [-0.39, 0.29) is 5.91 Å². The van der Waals surface area contributed by atoms with Crippen molar-refractivity contribution in [2.75, 3.05) is 11.9 Å². The molecule has 0 bridgehead atoms. The van der Waals surface area contributed by atoms with E-state index in [4.69, 9.17) is 0 Å². The quantitative estimate of drug-likeness (QED) is 0.800. The first-order valence-electron chi connectivity index (χ1n) is 5.86. The molecule has 1 fully saturated rings. The van der Waals surface area contributed by atoms with Crippen LogP contribution in [0.4, 0.5) is 5.69 Å². The van der Waals surface area contributed by atoms with Crippen LogP contribution in [0.1, 0.15) is 37.8 Å². The fraction of sp³-hybridized carbons (Fsp3) is 0.462. The normalized spacial score (nSPS) is 20.4. The van der Waals surface area contributed by atoms with Crippen molar-refractivity contribution in [3.05, 3.63) is 29.8 Å². The van der Waals surface area contributed by atoms with Crippen LogP contribution in [-0.2, 0) is 4.79 Å². The van der Waals surface area contributed by atoms with E-state index in [1.54, 1.807) is 0 Å². The summed E-state index contributed by atoms with van der Waals surface area (Å²) in [5, 5.41) is 6.28. The number of hydrogen-bond donors (Lipinski definition) is 2. The molecule has 3 nitrogen and oxygen atoms in total. The maximum atomic E-state index is 10.9. The summed E-state index contributed by atoms with van der Waals surface area (Å²) in [4.78, 5) is 10.9. The van der Waals surface area contributed by atoms with Gasteiger partial charge in [0.1, 0.15) is 0 Å². The van der Waals surface area contributed by atoms with Gasteiger partial charge < -0.3 is 10.6 Å². The van der Waals surface area contributed by atoms with Crippen molar-refractivity contribution in [3.8, 4) is 0 Å². The third kappa shape index (κ3) is 2.83. The lowest BCUT2D eigenvalue weighted by Gasteiger charge is -2.23. The highest BCUT2D eigenvalue weighted by Gasteiger charge is 2.13. The molecule has 1 heterocycles. The van der Waals surface area contributed by atoms with E-state index in [1.165, 1.54) is 31.7 Å². The predicted octanol–water partition coefficient (Wildman–Crippen LogP) is 2.46. The highest BCUT2D eigenvalue weighted by molar-refractivity contribution is 5.88. The second kappa shape index (κ2) is 5.12. The minimum Gasteiger partial charge on any atom is -0.326 e. The summed E-state index contributed by atoms with van der Waals surface area (Å²) >= 11 is 0. The molecule has 0 radical (unpaired) electrons. The van der Waals surface area contributed by atoms with E-state index in [0.717, 1.165) is 12.2 Å². The molecule has 0 spiro atoms. The van der Waals surface area contributed by atoms with E-state index in [1.807, 2.05) is 12.1 Å². The Labute approximate surface area is 96.2 Å². The summed E-state index contributed by atoms with van der Waals surface area (Å²) in [7, 11) is 0. The minimum absolute atomic E-state index is 0.0245. The Morgan fingerprint density at radius 3 is 2.62 bits per heavy atom. The van der Waals surface area contributed by atoms with E-state index >= 15 is 0 Å². The molecule has 2 rings (SSSR count). The summed E-state index contributed by atoms with van der Waals surface area (Å²) in [6, 6.07) is 8.60.